The standard InChI is InChI=1S/C66H96N18O18S/c1-35(2)29-49(61(93)78-48(65(97)98)16-9-11-27-68)79-56(88)37(5)74-63(95)51(34-103-53-24-20-40(83(99)100)32-52(53)84(101)102)81-58(90)45(15-8-10-26-67)76-59(91)47(23-25-54(86)87)77-62(94)50(30-38-18-21-41(85)22-19-38)80-64(96)55(36(3)4)82-60(92)46(17-12-28-72-66(70)71)75-57(89)43(69)31-39-33-73-44-14-7-6-13-42(39)44/h6-7,13-14,18-22,24,32-33,35-37,43,45-51,55,73,85H,8-12,15-17,23,25-31,34,67-69H2,1-5H3,(H,74,95)(H,75,89)(H,76,91)(H,77,94)(H,78,93)(H,79,88)(H,80,96)(H,81,90)(H,82,92)(H,86,87)(H,97,98)(H4,70,71,72)/t37-,43-,45-,46-,47-,48-,49-,50-,51-,55-/m0/s1. The van der Waals surface area contributed by atoms with Crippen LogP contribution in [0.25, 0.3) is 10.9 Å². The predicted octanol–water partition coefficient (Wildman–Crippen LogP) is -0.0591. The number of nitrogens with one attached hydrogen (secondary N) is 10. The highest BCUT2D eigenvalue weighted by Crippen LogP contribution is 2.33. The SMILES string of the molecule is CC(C)C[C@H](NC(=O)[C@H](C)NC(=O)[C@H](CSc1ccc([N+](=O)[O-])cc1[N+](=O)[O-])NC(=O)[C@H](CCCCN)NC(=O)[C@H](CCC(=O)O)NC(=O)[C@H](Cc1ccc(O)cc1)NC(=O)[C@@H](NC(=O)[C@H](CCCN=C(N)N)NC(=O)[C@@H](N)Cc1c[nH]c2ccccc12)C(C)C)C(=O)N[C@@H](CCCCN)C(=O)O. The van der Waals surface area contributed by atoms with Crippen LogP contribution >= 0.6 is 11.8 Å². The number of aromatic nitrogens is 1. The van der Waals surface area contributed by atoms with Crippen LogP contribution in [-0.2, 0) is 65.6 Å². The number of nitrogens with zero attached hydrogens (tertiary/aromatic N) is 3. The molecule has 0 bridgehead atoms. The van der Waals surface area contributed by atoms with Gasteiger partial charge in [0.1, 0.15) is 60.1 Å². The largest absolute Gasteiger partial charge is 0.508 e. The fourth-order valence-corrected chi connectivity index (χ4v) is 11.6. The molecule has 103 heavy (non-hydrogen) atoms. The normalized spacial score (nSPS) is 14.1. The number of fused-ring (bicyclic) bond motifs is 1. The molecule has 9 amide bonds. The van der Waals surface area contributed by atoms with Crippen LogP contribution < -0.4 is 76.5 Å². The summed E-state index contributed by atoms with van der Waals surface area (Å²) in [5.41, 5.74) is 29.3. The van der Waals surface area contributed by atoms with Crippen LogP contribution in [0.1, 0.15) is 116 Å². The minimum absolute atomic E-state index is 0.00751. The Balaban J connectivity index is 1.67. The van der Waals surface area contributed by atoms with E-state index >= 15 is 0 Å². The van der Waals surface area contributed by atoms with Gasteiger partial charge in [-0.3, -0.25) is 73.2 Å². The fourth-order valence-electron chi connectivity index (χ4n) is 10.6. The number of guanidine groups is 1. The second kappa shape index (κ2) is 42.7. The Kier molecular flexibility index (Phi) is 35.2. The van der Waals surface area contributed by atoms with Crippen LogP contribution in [0.4, 0.5) is 11.4 Å². The van der Waals surface area contributed by atoms with Crippen LogP contribution in [0.5, 0.6) is 5.75 Å². The second-order valence-corrected chi connectivity index (χ2v) is 26.4. The topological polar surface area (TPSA) is 601 Å². The molecule has 37 heteroatoms. The summed E-state index contributed by atoms with van der Waals surface area (Å²) >= 11 is 0.587. The molecular formula is C66H96N18O18S. The van der Waals surface area contributed by atoms with Crippen molar-refractivity contribution >= 4 is 105 Å². The van der Waals surface area contributed by atoms with Gasteiger partial charge in [0.25, 0.3) is 11.4 Å². The number of carbonyl (C=O) groups is 11. The average molecular weight is 1460 g/mol. The van der Waals surface area contributed by atoms with Crippen LogP contribution in [0.2, 0.25) is 0 Å². The highest BCUT2D eigenvalue weighted by atomic mass is 32.2. The number of unbranched alkanes of at least 4 members (excludes halogenated alkanes) is 2. The first-order valence-corrected chi connectivity index (χ1v) is 34.5. The third-order valence-corrected chi connectivity index (χ3v) is 17.3. The third kappa shape index (κ3) is 28.8. The number of carboxylic acid groups (broad SMARTS) is 2. The van der Waals surface area contributed by atoms with Gasteiger partial charge < -0.3 is 96.8 Å². The number of nitro groups is 2. The number of carboxylic acids is 2. The summed E-state index contributed by atoms with van der Waals surface area (Å²) in [4.78, 5) is 182. The van der Waals surface area contributed by atoms with E-state index in [1.165, 1.54) is 31.2 Å². The number of hydrogen-bond acceptors (Lipinski definition) is 21. The number of rotatable bonds is 46. The molecule has 36 nitrogen and oxygen atoms in total. The number of amides is 9. The number of H-pyrrole nitrogens is 1. The molecule has 0 aliphatic heterocycles. The molecule has 23 N–H and O–H groups in total. The van der Waals surface area contributed by atoms with Crippen LogP contribution in [0.15, 0.2) is 82.8 Å². The maximum absolute atomic E-state index is 14.8. The Bertz CT molecular complexity index is 3630. The van der Waals surface area contributed by atoms with Crippen molar-refractivity contribution in [3.05, 3.63) is 104 Å². The van der Waals surface area contributed by atoms with Gasteiger partial charge in [-0.05, 0) is 138 Å². The summed E-state index contributed by atoms with van der Waals surface area (Å²) in [5, 5.41) is 77.4. The highest BCUT2D eigenvalue weighted by Gasteiger charge is 2.37. The summed E-state index contributed by atoms with van der Waals surface area (Å²) in [6, 6.07) is 0.461. The Labute approximate surface area is 597 Å². The molecule has 4 rings (SSSR count). The van der Waals surface area contributed by atoms with Gasteiger partial charge in [-0.1, -0.05) is 58.0 Å². The number of aromatic hydroxyl groups is 1. The summed E-state index contributed by atoms with van der Waals surface area (Å²) in [6.07, 6.45) is 1.15. The second-order valence-electron chi connectivity index (χ2n) is 25.3. The zero-order valence-corrected chi connectivity index (χ0v) is 58.8. The number of thioether (sulfide) groups is 1. The molecule has 0 fully saturated rings. The highest BCUT2D eigenvalue weighted by molar-refractivity contribution is 7.99. The Morgan fingerprint density at radius 3 is 1.67 bits per heavy atom. The molecule has 1 aromatic heterocycles. The molecule has 564 valence electrons. The van der Waals surface area contributed by atoms with E-state index < -0.39 is 171 Å². The first-order valence-electron chi connectivity index (χ1n) is 33.5. The average Bonchev–Trinajstić information content (AvgIpc) is 1.82. The molecule has 0 aliphatic rings. The van der Waals surface area contributed by atoms with Crippen molar-refractivity contribution in [3.8, 4) is 5.75 Å². The van der Waals surface area contributed by atoms with Crippen molar-refractivity contribution in [1.82, 2.24) is 52.8 Å². The maximum Gasteiger partial charge on any atom is 0.326 e. The smallest absolute Gasteiger partial charge is 0.326 e. The molecule has 0 radical (unpaired) electrons. The van der Waals surface area contributed by atoms with Crippen molar-refractivity contribution in [2.75, 3.05) is 25.4 Å². The van der Waals surface area contributed by atoms with Crippen molar-refractivity contribution < 1.29 is 77.9 Å². The lowest BCUT2D eigenvalue weighted by Crippen LogP contribution is -2.61. The quantitative estimate of drug-likeness (QED) is 0.00688. The fraction of sp³-hybridized carbons (Fsp3) is 0.515. The summed E-state index contributed by atoms with van der Waals surface area (Å²) in [7, 11) is 0. The van der Waals surface area contributed by atoms with Gasteiger partial charge >= 0.3 is 11.9 Å². The molecule has 0 saturated heterocycles. The first kappa shape index (κ1) is 84.9. The molecule has 0 saturated carbocycles. The maximum atomic E-state index is 14.8. The molecule has 0 aliphatic carbocycles. The van der Waals surface area contributed by atoms with Crippen molar-refractivity contribution in [2.24, 2.45) is 45.5 Å². The van der Waals surface area contributed by atoms with Gasteiger partial charge in [0.05, 0.1) is 26.9 Å². The van der Waals surface area contributed by atoms with E-state index in [0.717, 1.165) is 28.6 Å². The third-order valence-electron chi connectivity index (χ3n) is 16.2. The number of aliphatic imine (C=N–C) groups is 1. The number of aliphatic carboxylic acids is 2. The number of phenolic OH excluding ortho intramolecular Hbond substituents is 1. The number of carbonyl (C=O) groups excluding carboxylic acids is 9. The van der Waals surface area contributed by atoms with Crippen molar-refractivity contribution in [1.29, 1.82) is 0 Å². The Morgan fingerprint density at radius 1 is 0.573 bits per heavy atom. The number of benzene rings is 3. The number of hydrogen-bond donors (Lipinski definition) is 18. The van der Waals surface area contributed by atoms with Crippen molar-refractivity contribution in [2.45, 2.75) is 183 Å². The van der Waals surface area contributed by atoms with Gasteiger partial charge in [-0.15, -0.1) is 11.8 Å². The predicted molar refractivity (Wildman–Crippen MR) is 380 cm³/mol. The van der Waals surface area contributed by atoms with Crippen LogP contribution in [0, 0.1) is 32.1 Å². The summed E-state index contributed by atoms with van der Waals surface area (Å²) in [5.74, 6) is -13.5. The van der Waals surface area contributed by atoms with Crippen molar-refractivity contribution in [3.63, 3.8) is 0 Å². The number of phenols is 1. The molecule has 10 atom stereocenters. The zero-order chi connectivity index (χ0) is 76.6. The van der Waals surface area contributed by atoms with E-state index in [-0.39, 0.29) is 99.9 Å². The lowest BCUT2D eigenvalue weighted by molar-refractivity contribution is -0.396. The van der Waals surface area contributed by atoms with Gasteiger partial charge in [-0.25, -0.2) is 4.79 Å². The monoisotopic (exact) mass is 1460 g/mol. The van der Waals surface area contributed by atoms with Gasteiger partial charge in [0.15, 0.2) is 5.96 Å². The number of nitrogens with two attached hydrogens (primary N) is 5. The summed E-state index contributed by atoms with van der Waals surface area (Å²) < 4.78 is 0. The van der Waals surface area contributed by atoms with E-state index in [1.807, 2.05) is 24.3 Å². The van der Waals surface area contributed by atoms with Gasteiger partial charge in [0.2, 0.25) is 53.2 Å². The molecule has 0 spiro atoms. The van der Waals surface area contributed by atoms with Gasteiger partial charge in [0, 0.05) is 48.3 Å². The first-order chi connectivity index (χ1) is 48.7. The lowest BCUT2D eigenvalue weighted by atomic mass is 9.99. The number of aromatic amines is 1. The minimum atomic E-state index is -1.82. The lowest BCUT2D eigenvalue weighted by Gasteiger charge is -2.29. The van der Waals surface area contributed by atoms with Crippen LogP contribution in [0.3, 0.4) is 0 Å². The molecular weight excluding hydrogens is 1360 g/mol. The molecule has 1 heterocycles. The van der Waals surface area contributed by atoms with E-state index in [4.69, 9.17) is 28.7 Å². The molecule has 4 aromatic rings. The minimum Gasteiger partial charge on any atom is -0.508 e. The Hall–Kier alpha value is -10.5. The van der Waals surface area contributed by atoms with Crippen LogP contribution in [-0.4, -0.2) is 187 Å². The van der Waals surface area contributed by atoms with E-state index in [0.29, 0.717) is 36.2 Å². The van der Waals surface area contributed by atoms with E-state index in [2.05, 4.69) is 57.8 Å². The van der Waals surface area contributed by atoms with E-state index in [1.54, 1.807) is 33.9 Å². The zero-order valence-electron chi connectivity index (χ0n) is 58.0. The van der Waals surface area contributed by atoms with Gasteiger partial charge in [-0.2, -0.15) is 0 Å². The number of nitro benzene ring substituents is 2. The molecule has 3 aromatic carbocycles. The molecule has 0 unspecified atom stereocenters. The van der Waals surface area contributed by atoms with E-state index in [9.17, 15) is 88.3 Å². The number of para-hydroxylation sites is 1. The number of non-ortho nitro benzene ring substituents is 1. The Morgan fingerprint density at radius 2 is 1.10 bits per heavy atom. The summed E-state index contributed by atoms with van der Waals surface area (Å²) in [6.45, 7) is 8.24.